The molecule has 0 aliphatic heterocycles. The summed E-state index contributed by atoms with van der Waals surface area (Å²) in [5.74, 6) is 0.250. The van der Waals surface area contributed by atoms with Gasteiger partial charge in [0.15, 0.2) is 5.75 Å². The molecule has 6 heteroatoms. The number of aromatic carboxylic acids is 1. The summed E-state index contributed by atoms with van der Waals surface area (Å²) >= 11 is 0. The van der Waals surface area contributed by atoms with Crippen LogP contribution in [0.15, 0.2) is 30.6 Å². The third kappa shape index (κ3) is 3.09. The van der Waals surface area contributed by atoms with Gasteiger partial charge in [-0.05, 0) is 25.1 Å². The van der Waals surface area contributed by atoms with Gasteiger partial charge >= 0.3 is 5.97 Å². The maximum Gasteiger partial charge on any atom is 0.335 e. The van der Waals surface area contributed by atoms with Crippen LogP contribution >= 0.6 is 0 Å². The van der Waals surface area contributed by atoms with Crippen molar-refractivity contribution in [1.82, 2.24) is 9.78 Å². The number of carbonyl (C=O) groups is 1. The van der Waals surface area contributed by atoms with Crippen LogP contribution < -0.4 is 9.47 Å². The van der Waals surface area contributed by atoms with Crippen molar-refractivity contribution in [3.63, 3.8) is 0 Å². The van der Waals surface area contributed by atoms with Gasteiger partial charge in [-0.2, -0.15) is 5.10 Å². The highest BCUT2D eigenvalue weighted by molar-refractivity contribution is 5.88. The van der Waals surface area contributed by atoms with Crippen molar-refractivity contribution >= 4 is 5.97 Å². The van der Waals surface area contributed by atoms with Gasteiger partial charge in [0.1, 0.15) is 12.4 Å². The minimum Gasteiger partial charge on any atom is -0.496 e. The summed E-state index contributed by atoms with van der Waals surface area (Å²) in [5.41, 5.74) is 0.880. The molecule has 0 aliphatic rings. The lowest BCUT2D eigenvalue weighted by atomic mass is 10.1. The number of ether oxygens (including phenoxy) is 2. The number of hydrogen-bond acceptors (Lipinski definition) is 4. The number of aryl methyl sites for hydroxylation is 1. The third-order valence-electron chi connectivity index (χ3n) is 2.86. The van der Waals surface area contributed by atoms with Crippen LogP contribution in [0.1, 0.15) is 22.8 Å². The molecule has 0 spiro atoms. The first kappa shape index (κ1) is 13.9. The Hall–Kier alpha value is -2.50. The number of aromatic nitrogens is 2. The molecule has 0 amide bonds. The van der Waals surface area contributed by atoms with Crippen LogP contribution in [0.5, 0.6) is 11.5 Å². The van der Waals surface area contributed by atoms with E-state index in [1.807, 2.05) is 6.92 Å². The van der Waals surface area contributed by atoms with Gasteiger partial charge in [0.25, 0.3) is 0 Å². The predicted octanol–water partition coefficient (Wildman–Crippen LogP) is 2.19. The topological polar surface area (TPSA) is 73.6 Å². The van der Waals surface area contributed by atoms with Crippen molar-refractivity contribution in [2.75, 3.05) is 7.11 Å². The number of hydrogen-bond donors (Lipinski definition) is 1. The normalized spacial score (nSPS) is 10.3. The summed E-state index contributed by atoms with van der Waals surface area (Å²) in [7, 11) is 1.54. The molecule has 2 rings (SSSR count). The van der Waals surface area contributed by atoms with E-state index < -0.39 is 5.97 Å². The Labute approximate surface area is 116 Å². The van der Waals surface area contributed by atoms with Crippen LogP contribution in [-0.2, 0) is 13.2 Å². The Morgan fingerprint density at radius 3 is 2.85 bits per heavy atom. The smallest absolute Gasteiger partial charge is 0.335 e. The Bertz CT molecular complexity index is 607. The maximum atomic E-state index is 11.0. The first-order chi connectivity index (χ1) is 9.63. The maximum absolute atomic E-state index is 11.0. The lowest BCUT2D eigenvalue weighted by molar-refractivity contribution is 0.0696. The van der Waals surface area contributed by atoms with Crippen LogP contribution in [0.25, 0.3) is 0 Å². The molecule has 0 saturated carbocycles. The van der Waals surface area contributed by atoms with Crippen LogP contribution in [0, 0.1) is 0 Å². The lowest BCUT2D eigenvalue weighted by Gasteiger charge is -2.10. The molecule has 106 valence electrons. The third-order valence-corrected chi connectivity index (χ3v) is 2.86. The highest BCUT2D eigenvalue weighted by Gasteiger charge is 2.10. The zero-order valence-electron chi connectivity index (χ0n) is 11.4. The SMILES string of the molecule is CCn1cc(OCc2cc(C(=O)O)ccc2OC)cn1. The quantitative estimate of drug-likeness (QED) is 0.875. The molecule has 20 heavy (non-hydrogen) atoms. The highest BCUT2D eigenvalue weighted by Crippen LogP contribution is 2.22. The van der Waals surface area contributed by atoms with Gasteiger partial charge in [0.2, 0.25) is 0 Å². The second-order valence-electron chi connectivity index (χ2n) is 4.15. The average molecular weight is 276 g/mol. The minimum absolute atomic E-state index is 0.202. The summed E-state index contributed by atoms with van der Waals surface area (Å²) in [4.78, 5) is 11.0. The molecule has 0 fully saturated rings. The van der Waals surface area contributed by atoms with E-state index in [1.54, 1.807) is 29.2 Å². The molecule has 6 nitrogen and oxygen atoms in total. The standard InChI is InChI=1S/C14H16N2O4/c1-3-16-8-12(7-15-16)20-9-11-6-10(14(17)18)4-5-13(11)19-2/h4-8H,3,9H2,1-2H3,(H,17,18). The number of methoxy groups -OCH3 is 1. The van der Waals surface area contributed by atoms with E-state index >= 15 is 0 Å². The molecule has 1 aromatic carbocycles. The van der Waals surface area contributed by atoms with Crippen molar-refractivity contribution < 1.29 is 19.4 Å². The summed E-state index contributed by atoms with van der Waals surface area (Å²) < 4.78 is 12.5. The molecule has 1 N–H and O–H groups in total. The van der Waals surface area contributed by atoms with Crippen molar-refractivity contribution in [2.24, 2.45) is 0 Å². The van der Waals surface area contributed by atoms with Crippen LogP contribution in [0.2, 0.25) is 0 Å². The number of carboxylic acid groups (broad SMARTS) is 1. The summed E-state index contributed by atoms with van der Waals surface area (Å²) in [6.45, 7) is 2.97. The predicted molar refractivity (Wildman–Crippen MR) is 72.2 cm³/mol. The zero-order chi connectivity index (χ0) is 14.5. The Morgan fingerprint density at radius 2 is 2.25 bits per heavy atom. The van der Waals surface area contributed by atoms with Crippen LogP contribution in [-0.4, -0.2) is 28.0 Å². The van der Waals surface area contributed by atoms with Crippen LogP contribution in [0.4, 0.5) is 0 Å². The summed E-state index contributed by atoms with van der Waals surface area (Å²) in [6.07, 6.45) is 3.41. The Balaban J connectivity index is 2.14. The van der Waals surface area contributed by atoms with E-state index in [4.69, 9.17) is 14.6 Å². The average Bonchev–Trinajstić information content (AvgIpc) is 2.92. The molecule has 1 heterocycles. The van der Waals surface area contributed by atoms with Gasteiger partial charge < -0.3 is 14.6 Å². The summed E-state index contributed by atoms with van der Waals surface area (Å²) in [6, 6.07) is 4.67. The summed E-state index contributed by atoms with van der Waals surface area (Å²) in [5, 5.41) is 13.1. The van der Waals surface area contributed by atoms with E-state index in [1.165, 1.54) is 13.2 Å². The molecule has 0 bridgehead atoms. The van der Waals surface area contributed by atoms with E-state index in [-0.39, 0.29) is 12.2 Å². The number of carboxylic acids is 1. The monoisotopic (exact) mass is 276 g/mol. The second kappa shape index (κ2) is 6.10. The Morgan fingerprint density at radius 1 is 1.45 bits per heavy atom. The van der Waals surface area contributed by atoms with E-state index in [0.29, 0.717) is 17.1 Å². The molecule has 0 saturated heterocycles. The van der Waals surface area contributed by atoms with Crippen LogP contribution in [0.3, 0.4) is 0 Å². The molecule has 0 aliphatic carbocycles. The molecule has 2 aromatic rings. The number of nitrogens with zero attached hydrogens (tertiary/aromatic N) is 2. The largest absolute Gasteiger partial charge is 0.496 e. The van der Waals surface area contributed by atoms with Crippen molar-refractivity contribution in [1.29, 1.82) is 0 Å². The fourth-order valence-electron chi connectivity index (χ4n) is 1.78. The second-order valence-corrected chi connectivity index (χ2v) is 4.15. The van der Waals surface area contributed by atoms with Crippen molar-refractivity contribution in [2.45, 2.75) is 20.1 Å². The fourth-order valence-corrected chi connectivity index (χ4v) is 1.78. The van der Waals surface area contributed by atoms with Gasteiger partial charge in [0.05, 0.1) is 25.1 Å². The molecule has 1 aromatic heterocycles. The Kier molecular flexibility index (Phi) is 4.24. The molecular weight excluding hydrogens is 260 g/mol. The van der Waals surface area contributed by atoms with Gasteiger partial charge in [-0.3, -0.25) is 4.68 Å². The van der Waals surface area contributed by atoms with Gasteiger partial charge in [-0.1, -0.05) is 0 Å². The first-order valence-electron chi connectivity index (χ1n) is 6.19. The van der Waals surface area contributed by atoms with Crippen molar-refractivity contribution in [3.8, 4) is 11.5 Å². The van der Waals surface area contributed by atoms with Crippen molar-refractivity contribution in [3.05, 3.63) is 41.7 Å². The van der Waals surface area contributed by atoms with E-state index in [2.05, 4.69) is 5.10 Å². The zero-order valence-corrected chi connectivity index (χ0v) is 11.4. The minimum atomic E-state index is -0.979. The molecule has 0 atom stereocenters. The number of rotatable bonds is 6. The highest BCUT2D eigenvalue weighted by atomic mass is 16.5. The molecule has 0 unspecified atom stereocenters. The lowest BCUT2D eigenvalue weighted by Crippen LogP contribution is -2.02. The van der Waals surface area contributed by atoms with E-state index in [9.17, 15) is 4.79 Å². The fraction of sp³-hybridized carbons (Fsp3) is 0.286. The van der Waals surface area contributed by atoms with Gasteiger partial charge in [-0.25, -0.2) is 4.79 Å². The first-order valence-corrected chi connectivity index (χ1v) is 6.19. The molecule has 0 radical (unpaired) electrons. The molecular formula is C14H16N2O4. The van der Waals surface area contributed by atoms with E-state index in [0.717, 1.165) is 6.54 Å². The van der Waals surface area contributed by atoms with Gasteiger partial charge in [0, 0.05) is 12.1 Å². The number of benzene rings is 1. The van der Waals surface area contributed by atoms with Gasteiger partial charge in [-0.15, -0.1) is 0 Å².